The van der Waals surface area contributed by atoms with Crippen molar-refractivity contribution < 1.29 is 24.2 Å². The number of amides is 3. The standard InChI is InChI=1S/C31H32ClN3O5/c1-2-30-14-8-16-33(20-21-10-4-3-5-11-21)27(37)24(30)25-28(38)35(18-19-36)26-29(39)34(17-9-15-31(25,26)40-30)23-13-7-6-12-22(23)32/h3-15,24-26,36H,2,16-20H2,1H3/t24-,25-,26?,30+,31-/m0/s1. The van der Waals surface area contributed by atoms with E-state index < -0.39 is 29.1 Å². The van der Waals surface area contributed by atoms with Crippen LogP contribution < -0.4 is 4.90 Å². The molecule has 8 nitrogen and oxygen atoms in total. The first-order valence-electron chi connectivity index (χ1n) is 13.7. The Morgan fingerprint density at radius 3 is 2.38 bits per heavy atom. The highest BCUT2D eigenvalue weighted by Gasteiger charge is 2.75. The molecular weight excluding hydrogens is 530 g/mol. The van der Waals surface area contributed by atoms with E-state index in [4.69, 9.17) is 16.3 Å². The molecule has 2 fully saturated rings. The molecule has 4 heterocycles. The smallest absolute Gasteiger partial charge is 0.253 e. The Labute approximate surface area is 238 Å². The second-order valence-corrected chi connectivity index (χ2v) is 11.2. The molecular formula is C31H32ClN3O5. The molecule has 6 rings (SSSR count). The zero-order chi connectivity index (χ0) is 28.1. The molecule has 1 N–H and O–H groups in total. The van der Waals surface area contributed by atoms with E-state index in [1.165, 1.54) is 4.90 Å². The molecule has 0 aromatic heterocycles. The van der Waals surface area contributed by atoms with Gasteiger partial charge in [-0.05, 0) is 24.1 Å². The molecule has 5 atom stereocenters. The minimum Gasteiger partial charge on any atom is -0.395 e. The Hall–Kier alpha value is -3.46. The summed E-state index contributed by atoms with van der Waals surface area (Å²) in [4.78, 5) is 47.7. The van der Waals surface area contributed by atoms with Gasteiger partial charge in [-0.25, -0.2) is 0 Å². The number of hydrogen-bond acceptors (Lipinski definition) is 5. The molecule has 0 radical (unpaired) electrons. The number of rotatable bonds is 6. The van der Waals surface area contributed by atoms with Gasteiger partial charge in [0.2, 0.25) is 11.8 Å². The number of hydrogen-bond donors (Lipinski definition) is 1. The van der Waals surface area contributed by atoms with Crippen LogP contribution in [0, 0.1) is 11.8 Å². The number of likely N-dealkylation sites (tertiary alicyclic amines) is 1. The maximum Gasteiger partial charge on any atom is 0.253 e. The third-order valence-corrected chi connectivity index (χ3v) is 9.04. The van der Waals surface area contributed by atoms with Crippen LogP contribution in [0.4, 0.5) is 5.69 Å². The molecule has 208 valence electrons. The number of ether oxygens (including phenoxy) is 1. The predicted octanol–water partition coefficient (Wildman–Crippen LogP) is 3.19. The maximum atomic E-state index is 14.4. The van der Waals surface area contributed by atoms with Crippen molar-refractivity contribution in [3.8, 4) is 0 Å². The van der Waals surface area contributed by atoms with Crippen molar-refractivity contribution in [2.75, 3.05) is 31.1 Å². The van der Waals surface area contributed by atoms with E-state index in [0.717, 1.165) is 5.56 Å². The van der Waals surface area contributed by atoms with Gasteiger partial charge in [0.15, 0.2) is 0 Å². The molecule has 1 unspecified atom stereocenters. The molecule has 4 aliphatic heterocycles. The lowest BCUT2D eigenvalue weighted by Gasteiger charge is -2.38. The van der Waals surface area contributed by atoms with Crippen LogP contribution in [0.2, 0.25) is 5.02 Å². The SMILES string of the molecule is CC[C@@]12C=CCN(Cc3ccccc3)C(=O)[C@@H]1[C@H]1C(=O)N(CCO)C3C(=O)N(c4ccccc4Cl)CC=C[C@@]31O2. The van der Waals surface area contributed by atoms with Gasteiger partial charge in [0.1, 0.15) is 11.6 Å². The topological polar surface area (TPSA) is 90.4 Å². The monoisotopic (exact) mass is 561 g/mol. The lowest BCUT2D eigenvalue weighted by atomic mass is 9.73. The van der Waals surface area contributed by atoms with Gasteiger partial charge in [-0.15, -0.1) is 0 Å². The molecule has 2 aromatic rings. The van der Waals surface area contributed by atoms with Crippen molar-refractivity contribution in [1.82, 2.24) is 9.80 Å². The summed E-state index contributed by atoms with van der Waals surface area (Å²) in [5.41, 5.74) is -0.927. The number of carbonyl (C=O) groups is 3. The molecule has 3 amide bonds. The van der Waals surface area contributed by atoms with Crippen LogP contribution in [0.3, 0.4) is 0 Å². The number of nitrogens with zero attached hydrogens (tertiary/aromatic N) is 3. The zero-order valence-electron chi connectivity index (χ0n) is 22.3. The first-order valence-corrected chi connectivity index (χ1v) is 14.1. The number of β-amino-alcohol motifs (C(OH)–C–C–N with tert-alkyl or cyclic N) is 1. The van der Waals surface area contributed by atoms with Gasteiger partial charge in [-0.3, -0.25) is 14.4 Å². The summed E-state index contributed by atoms with van der Waals surface area (Å²) in [6.07, 6.45) is 7.94. The summed E-state index contributed by atoms with van der Waals surface area (Å²) in [6.45, 7) is 2.58. The van der Waals surface area contributed by atoms with Crippen molar-refractivity contribution in [2.24, 2.45) is 11.8 Å². The number of aliphatic hydroxyl groups is 1. The van der Waals surface area contributed by atoms with E-state index in [1.54, 1.807) is 40.1 Å². The van der Waals surface area contributed by atoms with Crippen molar-refractivity contribution in [3.05, 3.63) is 89.5 Å². The minimum atomic E-state index is -1.38. The van der Waals surface area contributed by atoms with Gasteiger partial charge < -0.3 is 24.5 Å². The highest BCUT2D eigenvalue weighted by Crippen LogP contribution is 2.58. The molecule has 9 heteroatoms. The van der Waals surface area contributed by atoms with Crippen LogP contribution in [-0.4, -0.2) is 76.1 Å². The third kappa shape index (κ3) is 3.92. The summed E-state index contributed by atoms with van der Waals surface area (Å²) in [6, 6.07) is 15.7. The Balaban J connectivity index is 1.46. The highest BCUT2D eigenvalue weighted by atomic mass is 35.5. The Bertz CT molecular complexity index is 1400. The molecule has 2 saturated heterocycles. The average molecular weight is 562 g/mol. The van der Waals surface area contributed by atoms with Gasteiger partial charge in [-0.1, -0.05) is 85.3 Å². The number of fused-ring (bicyclic) bond motifs is 2. The number of para-hydroxylation sites is 1. The molecule has 0 bridgehead atoms. The predicted molar refractivity (Wildman–Crippen MR) is 150 cm³/mol. The lowest BCUT2D eigenvalue weighted by Crippen LogP contribution is -2.56. The summed E-state index contributed by atoms with van der Waals surface area (Å²) in [5.74, 6) is -2.65. The van der Waals surface area contributed by atoms with Crippen LogP contribution in [0.25, 0.3) is 0 Å². The minimum absolute atomic E-state index is 0.0509. The van der Waals surface area contributed by atoms with Crippen LogP contribution in [0.1, 0.15) is 18.9 Å². The van der Waals surface area contributed by atoms with Gasteiger partial charge in [0.05, 0.1) is 34.8 Å². The average Bonchev–Trinajstić information content (AvgIpc) is 3.24. The number of carbonyl (C=O) groups excluding carboxylic acids is 3. The van der Waals surface area contributed by atoms with Crippen LogP contribution >= 0.6 is 11.6 Å². The van der Waals surface area contributed by atoms with Crippen molar-refractivity contribution >= 4 is 35.0 Å². The maximum absolute atomic E-state index is 14.4. The van der Waals surface area contributed by atoms with Crippen molar-refractivity contribution in [1.29, 1.82) is 0 Å². The number of benzene rings is 2. The van der Waals surface area contributed by atoms with E-state index >= 15 is 0 Å². The molecule has 4 aliphatic rings. The third-order valence-electron chi connectivity index (χ3n) is 8.72. The molecule has 0 aliphatic carbocycles. The summed E-state index contributed by atoms with van der Waals surface area (Å²) >= 11 is 6.49. The van der Waals surface area contributed by atoms with Crippen LogP contribution in [-0.2, 0) is 25.7 Å². The van der Waals surface area contributed by atoms with E-state index in [1.807, 2.05) is 55.5 Å². The van der Waals surface area contributed by atoms with Crippen molar-refractivity contribution in [2.45, 2.75) is 37.1 Å². The molecule has 2 aromatic carbocycles. The normalized spacial score (nSPS) is 31.2. The van der Waals surface area contributed by atoms with Crippen molar-refractivity contribution in [3.63, 3.8) is 0 Å². The molecule has 1 spiro atoms. The van der Waals surface area contributed by atoms with Gasteiger partial charge in [0, 0.05) is 26.2 Å². The Morgan fingerprint density at radius 2 is 1.65 bits per heavy atom. The fraction of sp³-hybridized carbons (Fsp3) is 0.387. The number of aliphatic hydroxyl groups excluding tert-OH is 1. The van der Waals surface area contributed by atoms with Crippen LogP contribution in [0.15, 0.2) is 78.9 Å². The van der Waals surface area contributed by atoms with E-state index in [0.29, 0.717) is 30.2 Å². The first-order chi connectivity index (χ1) is 19.4. The number of anilines is 1. The second kappa shape index (κ2) is 10.2. The number of halogens is 1. The summed E-state index contributed by atoms with van der Waals surface area (Å²) < 4.78 is 6.93. The van der Waals surface area contributed by atoms with E-state index in [9.17, 15) is 19.5 Å². The second-order valence-electron chi connectivity index (χ2n) is 10.8. The summed E-state index contributed by atoms with van der Waals surface area (Å²) in [5, 5.41) is 10.3. The molecule has 0 saturated carbocycles. The summed E-state index contributed by atoms with van der Waals surface area (Å²) in [7, 11) is 0. The first kappa shape index (κ1) is 26.7. The fourth-order valence-electron chi connectivity index (χ4n) is 6.99. The quantitative estimate of drug-likeness (QED) is 0.547. The lowest BCUT2D eigenvalue weighted by molar-refractivity contribution is -0.150. The van der Waals surface area contributed by atoms with E-state index in [-0.39, 0.29) is 37.4 Å². The largest absolute Gasteiger partial charge is 0.395 e. The van der Waals surface area contributed by atoms with Gasteiger partial charge >= 0.3 is 0 Å². The molecule has 40 heavy (non-hydrogen) atoms. The highest BCUT2D eigenvalue weighted by molar-refractivity contribution is 6.34. The Kier molecular flexibility index (Phi) is 6.81. The van der Waals surface area contributed by atoms with Gasteiger partial charge in [0.25, 0.3) is 5.91 Å². The van der Waals surface area contributed by atoms with Gasteiger partial charge in [-0.2, -0.15) is 0 Å². The van der Waals surface area contributed by atoms with E-state index in [2.05, 4.69) is 0 Å². The fourth-order valence-corrected chi connectivity index (χ4v) is 7.23. The zero-order valence-corrected chi connectivity index (χ0v) is 23.0. The Morgan fingerprint density at radius 1 is 0.925 bits per heavy atom. The van der Waals surface area contributed by atoms with Crippen LogP contribution in [0.5, 0.6) is 0 Å².